The monoisotopic (exact) mass is 240 g/mol. The highest BCUT2D eigenvalue weighted by Crippen LogP contribution is 2.47. The summed E-state index contributed by atoms with van der Waals surface area (Å²) in [6.07, 6.45) is 2.30. The van der Waals surface area contributed by atoms with Gasteiger partial charge in [-0.1, -0.05) is 6.07 Å². The van der Waals surface area contributed by atoms with E-state index < -0.39 is 15.8 Å². The van der Waals surface area contributed by atoms with Gasteiger partial charge in [0, 0.05) is 0 Å². The molecular weight excluding hydrogens is 226 g/mol. The molecule has 4 nitrogen and oxygen atoms in total. The number of rotatable bonds is 3. The molecule has 5 heteroatoms. The summed E-state index contributed by atoms with van der Waals surface area (Å²) in [6.45, 7) is 0. The third-order valence-corrected chi connectivity index (χ3v) is 4.52. The first-order chi connectivity index (χ1) is 7.60. The SMILES string of the molecule is COc1cc(C2(S(=O)[O-])CCC2)ccc1N. The van der Waals surface area contributed by atoms with E-state index in [0.29, 0.717) is 24.3 Å². The Bertz CT molecular complexity index is 429. The third kappa shape index (κ3) is 1.60. The molecule has 2 rings (SSSR count). The minimum atomic E-state index is -2.10. The maximum atomic E-state index is 11.3. The van der Waals surface area contributed by atoms with Crippen molar-refractivity contribution in [2.45, 2.75) is 24.0 Å². The molecule has 0 aromatic heterocycles. The second kappa shape index (κ2) is 4.07. The predicted octanol–water partition coefficient (Wildman–Crippen LogP) is 1.54. The first kappa shape index (κ1) is 11.4. The lowest BCUT2D eigenvalue weighted by molar-refractivity contribution is 0.331. The smallest absolute Gasteiger partial charge is 0.142 e. The maximum absolute atomic E-state index is 11.3. The van der Waals surface area contributed by atoms with E-state index in [4.69, 9.17) is 10.5 Å². The molecule has 1 aromatic carbocycles. The van der Waals surface area contributed by atoms with Gasteiger partial charge in [0.15, 0.2) is 0 Å². The van der Waals surface area contributed by atoms with E-state index in [9.17, 15) is 8.76 Å². The van der Waals surface area contributed by atoms with Crippen molar-refractivity contribution in [2.24, 2.45) is 0 Å². The fourth-order valence-corrected chi connectivity index (χ4v) is 2.99. The topological polar surface area (TPSA) is 75.4 Å². The predicted molar refractivity (Wildman–Crippen MR) is 61.9 cm³/mol. The number of benzene rings is 1. The van der Waals surface area contributed by atoms with Crippen LogP contribution in [-0.4, -0.2) is 15.9 Å². The minimum absolute atomic E-state index is 0.525. The van der Waals surface area contributed by atoms with Gasteiger partial charge in [-0.25, -0.2) is 0 Å². The van der Waals surface area contributed by atoms with Crippen LogP contribution in [0.2, 0.25) is 0 Å². The summed E-state index contributed by atoms with van der Waals surface area (Å²) in [5.41, 5.74) is 7.00. The van der Waals surface area contributed by atoms with Gasteiger partial charge in [-0.15, -0.1) is 0 Å². The lowest BCUT2D eigenvalue weighted by Crippen LogP contribution is -2.38. The van der Waals surface area contributed by atoms with Crippen molar-refractivity contribution in [1.82, 2.24) is 0 Å². The highest BCUT2D eigenvalue weighted by Gasteiger charge is 2.40. The molecule has 0 bridgehead atoms. The van der Waals surface area contributed by atoms with E-state index in [0.717, 1.165) is 12.0 Å². The normalized spacial score (nSPS) is 19.9. The van der Waals surface area contributed by atoms with Crippen molar-refractivity contribution in [2.75, 3.05) is 12.8 Å². The van der Waals surface area contributed by atoms with Gasteiger partial charge < -0.3 is 15.0 Å². The molecule has 2 N–H and O–H groups in total. The molecular formula is C11H14NO3S-. The van der Waals surface area contributed by atoms with Crippen LogP contribution in [0, 0.1) is 0 Å². The average molecular weight is 240 g/mol. The van der Waals surface area contributed by atoms with Crippen LogP contribution in [-0.2, 0) is 15.8 Å². The molecule has 0 heterocycles. The molecule has 0 radical (unpaired) electrons. The van der Waals surface area contributed by atoms with Gasteiger partial charge in [0.2, 0.25) is 0 Å². The van der Waals surface area contributed by atoms with Gasteiger partial charge in [0.1, 0.15) is 5.75 Å². The first-order valence-electron chi connectivity index (χ1n) is 5.13. The van der Waals surface area contributed by atoms with E-state index in [1.54, 1.807) is 18.2 Å². The zero-order chi connectivity index (χ0) is 11.8. The Morgan fingerprint density at radius 2 is 2.19 bits per heavy atom. The number of anilines is 1. The fourth-order valence-electron chi connectivity index (χ4n) is 2.04. The van der Waals surface area contributed by atoms with Crippen molar-refractivity contribution >= 4 is 16.8 Å². The Balaban J connectivity index is 2.43. The van der Waals surface area contributed by atoms with E-state index in [1.807, 2.05) is 0 Å². The highest BCUT2D eigenvalue weighted by molar-refractivity contribution is 7.80. The number of ether oxygens (including phenoxy) is 1. The standard InChI is InChI=1S/C11H15NO3S/c1-15-10-7-8(3-4-9(10)12)11(16(13)14)5-2-6-11/h3-4,7H,2,5-6,12H2,1H3,(H,13,14)/p-1. The molecule has 1 saturated carbocycles. The van der Waals surface area contributed by atoms with Gasteiger partial charge in [0.25, 0.3) is 0 Å². The molecule has 1 fully saturated rings. The molecule has 0 aliphatic heterocycles. The lowest BCUT2D eigenvalue weighted by Gasteiger charge is -2.44. The van der Waals surface area contributed by atoms with E-state index in [2.05, 4.69) is 0 Å². The molecule has 88 valence electrons. The maximum Gasteiger partial charge on any atom is 0.142 e. The van der Waals surface area contributed by atoms with Gasteiger partial charge in [-0.3, -0.25) is 4.21 Å². The molecule has 16 heavy (non-hydrogen) atoms. The van der Waals surface area contributed by atoms with Gasteiger partial charge in [-0.2, -0.15) is 0 Å². The summed E-state index contributed by atoms with van der Waals surface area (Å²) in [5.74, 6) is 0.536. The summed E-state index contributed by atoms with van der Waals surface area (Å²) in [5, 5.41) is 0. The third-order valence-electron chi connectivity index (χ3n) is 3.24. The Hall–Kier alpha value is -1.07. The molecule has 1 aliphatic rings. The molecule has 0 spiro atoms. The first-order valence-corrected chi connectivity index (χ1v) is 6.21. The number of nitrogen functional groups attached to an aromatic ring is 1. The summed E-state index contributed by atoms with van der Waals surface area (Å²) in [6, 6.07) is 5.19. The quantitative estimate of drug-likeness (QED) is 0.642. The number of hydrogen-bond donors (Lipinski definition) is 1. The van der Waals surface area contributed by atoms with Crippen molar-refractivity contribution in [3.8, 4) is 5.75 Å². The summed E-state index contributed by atoms with van der Waals surface area (Å²) in [7, 11) is 1.52. The highest BCUT2D eigenvalue weighted by atomic mass is 32.2. The summed E-state index contributed by atoms with van der Waals surface area (Å²) >= 11 is -2.10. The van der Waals surface area contributed by atoms with Crippen LogP contribution in [0.1, 0.15) is 24.8 Å². The van der Waals surface area contributed by atoms with Crippen LogP contribution in [0.15, 0.2) is 18.2 Å². The summed E-state index contributed by atoms with van der Waals surface area (Å²) < 4.78 is 27.0. The minimum Gasteiger partial charge on any atom is -0.772 e. The second-order valence-corrected chi connectivity index (χ2v) is 5.29. The van der Waals surface area contributed by atoms with Crippen molar-refractivity contribution in [3.05, 3.63) is 23.8 Å². The molecule has 0 amide bonds. The second-order valence-electron chi connectivity index (χ2n) is 4.04. The van der Waals surface area contributed by atoms with Gasteiger partial charge in [0.05, 0.1) is 17.5 Å². The Kier molecular flexibility index (Phi) is 2.90. The Labute approximate surface area is 97.1 Å². The summed E-state index contributed by atoms with van der Waals surface area (Å²) in [4.78, 5) is 0. The molecule has 1 atom stereocenters. The lowest BCUT2D eigenvalue weighted by atomic mass is 9.78. The van der Waals surface area contributed by atoms with Crippen LogP contribution in [0.5, 0.6) is 5.75 Å². The molecule has 1 aromatic rings. The van der Waals surface area contributed by atoms with Crippen LogP contribution in [0.3, 0.4) is 0 Å². The molecule has 1 unspecified atom stereocenters. The number of nitrogens with two attached hydrogens (primary N) is 1. The van der Waals surface area contributed by atoms with Crippen LogP contribution < -0.4 is 10.5 Å². The number of hydrogen-bond acceptors (Lipinski definition) is 4. The van der Waals surface area contributed by atoms with Crippen molar-refractivity contribution in [3.63, 3.8) is 0 Å². The zero-order valence-electron chi connectivity index (χ0n) is 9.06. The van der Waals surface area contributed by atoms with Crippen molar-refractivity contribution in [1.29, 1.82) is 0 Å². The van der Waals surface area contributed by atoms with Crippen LogP contribution in [0.25, 0.3) is 0 Å². The molecule has 0 saturated heterocycles. The van der Waals surface area contributed by atoms with Crippen LogP contribution in [0.4, 0.5) is 5.69 Å². The van der Waals surface area contributed by atoms with E-state index in [1.165, 1.54) is 7.11 Å². The fraction of sp³-hybridized carbons (Fsp3) is 0.455. The van der Waals surface area contributed by atoms with Crippen LogP contribution >= 0.6 is 0 Å². The average Bonchev–Trinajstić information content (AvgIpc) is 2.18. The Morgan fingerprint density at radius 1 is 1.50 bits per heavy atom. The van der Waals surface area contributed by atoms with Gasteiger partial charge in [-0.05, 0) is 48.0 Å². The van der Waals surface area contributed by atoms with Crippen molar-refractivity contribution < 1.29 is 13.5 Å². The zero-order valence-corrected chi connectivity index (χ0v) is 9.88. The Morgan fingerprint density at radius 3 is 2.62 bits per heavy atom. The largest absolute Gasteiger partial charge is 0.772 e. The number of methoxy groups -OCH3 is 1. The van der Waals surface area contributed by atoms with Gasteiger partial charge >= 0.3 is 0 Å². The van der Waals surface area contributed by atoms with E-state index in [-0.39, 0.29) is 0 Å². The molecule has 1 aliphatic carbocycles. The van der Waals surface area contributed by atoms with E-state index >= 15 is 0 Å².